The molecule has 3 rings (SSSR count). The first-order valence-corrected chi connectivity index (χ1v) is 8.78. The maximum Gasteiger partial charge on any atom is 0.283 e. The lowest BCUT2D eigenvalue weighted by molar-refractivity contribution is 0.586. The van der Waals surface area contributed by atoms with Gasteiger partial charge in [-0.3, -0.25) is 4.31 Å². The van der Waals surface area contributed by atoms with Crippen molar-refractivity contribution in [3.8, 4) is 0 Å². The molecule has 8 heteroatoms. The summed E-state index contributed by atoms with van der Waals surface area (Å²) in [7, 11) is -0.219. The van der Waals surface area contributed by atoms with Gasteiger partial charge >= 0.3 is 0 Å². The van der Waals surface area contributed by atoms with Crippen LogP contribution in [0.15, 0.2) is 29.4 Å². The SMILES string of the molecule is Cc1nc(S(=O)(=O)N2CCCN(C)c3ccc(F)cc32)cn1C. The minimum atomic E-state index is -3.83. The van der Waals surface area contributed by atoms with Gasteiger partial charge in [-0.05, 0) is 25.5 Å². The van der Waals surface area contributed by atoms with Crippen molar-refractivity contribution in [3.63, 3.8) is 0 Å². The second-order valence-electron chi connectivity index (χ2n) is 5.72. The Labute approximate surface area is 135 Å². The lowest BCUT2D eigenvalue weighted by Crippen LogP contribution is -2.32. The Kier molecular flexibility index (Phi) is 3.79. The zero-order chi connectivity index (χ0) is 16.8. The number of nitrogens with zero attached hydrogens (tertiary/aromatic N) is 4. The number of fused-ring (bicyclic) bond motifs is 1. The molecule has 0 N–H and O–H groups in total. The van der Waals surface area contributed by atoms with Gasteiger partial charge in [0.25, 0.3) is 10.0 Å². The third-order valence-corrected chi connectivity index (χ3v) is 5.80. The van der Waals surface area contributed by atoms with Gasteiger partial charge in [0.05, 0.1) is 11.4 Å². The molecule has 0 amide bonds. The predicted octanol–water partition coefficient (Wildman–Crippen LogP) is 1.90. The van der Waals surface area contributed by atoms with Crippen LogP contribution in [0.5, 0.6) is 0 Å². The standard InChI is InChI=1S/C15H19FN4O2S/c1-11-17-15(10-19(11)3)23(21,22)20-8-4-7-18(2)13-6-5-12(16)9-14(13)20/h5-6,9-10H,4,7-8H2,1-3H3. The zero-order valence-corrected chi connectivity index (χ0v) is 14.1. The van der Waals surface area contributed by atoms with Crippen molar-refractivity contribution in [3.05, 3.63) is 36.0 Å². The topological polar surface area (TPSA) is 58.4 Å². The molecule has 23 heavy (non-hydrogen) atoms. The summed E-state index contributed by atoms with van der Waals surface area (Å²) in [4.78, 5) is 6.07. The summed E-state index contributed by atoms with van der Waals surface area (Å²) in [6.07, 6.45) is 2.14. The number of aromatic nitrogens is 2. The Bertz CT molecular complexity index is 828. The fourth-order valence-corrected chi connectivity index (χ4v) is 4.26. The first kappa shape index (κ1) is 15.8. The largest absolute Gasteiger partial charge is 0.373 e. The number of hydrogen-bond donors (Lipinski definition) is 0. The molecular formula is C15H19FN4O2S. The predicted molar refractivity (Wildman–Crippen MR) is 86.8 cm³/mol. The zero-order valence-electron chi connectivity index (χ0n) is 13.3. The molecule has 0 aliphatic carbocycles. The van der Waals surface area contributed by atoms with E-state index in [1.54, 1.807) is 24.6 Å². The summed E-state index contributed by atoms with van der Waals surface area (Å²) in [5.41, 5.74) is 1.05. The van der Waals surface area contributed by atoms with Gasteiger partial charge < -0.3 is 9.47 Å². The quantitative estimate of drug-likeness (QED) is 0.839. The Hall–Kier alpha value is -2.09. The van der Waals surface area contributed by atoms with Gasteiger partial charge in [-0.1, -0.05) is 0 Å². The Morgan fingerprint density at radius 2 is 1.91 bits per heavy atom. The Balaban J connectivity index is 2.15. The molecule has 2 aromatic rings. The highest BCUT2D eigenvalue weighted by Gasteiger charge is 2.31. The highest BCUT2D eigenvalue weighted by atomic mass is 32.2. The molecule has 0 atom stereocenters. The lowest BCUT2D eigenvalue weighted by atomic mass is 10.2. The van der Waals surface area contributed by atoms with Gasteiger partial charge in [-0.2, -0.15) is 8.42 Å². The molecule has 6 nitrogen and oxygen atoms in total. The number of sulfonamides is 1. The van der Waals surface area contributed by atoms with Gasteiger partial charge in [-0.25, -0.2) is 9.37 Å². The molecule has 1 aliphatic heterocycles. The van der Waals surface area contributed by atoms with E-state index in [1.807, 2.05) is 11.9 Å². The number of aryl methyl sites for hydroxylation is 2. The molecule has 0 spiro atoms. The van der Waals surface area contributed by atoms with E-state index in [-0.39, 0.29) is 5.03 Å². The van der Waals surface area contributed by atoms with E-state index in [9.17, 15) is 12.8 Å². The maximum atomic E-state index is 13.7. The van der Waals surface area contributed by atoms with Crippen LogP contribution in [0.1, 0.15) is 12.2 Å². The summed E-state index contributed by atoms with van der Waals surface area (Å²) >= 11 is 0. The first-order chi connectivity index (χ1) is 10.8. The van der Waals surface area contributed by atoms with E-state index >= 15 is 0 Å². The van der Waals surface area contributed by atoms with Crippen LogP contribution in [-0.4, -0.2) is 38.1 Å². The van der Waals surface area contributed by atoms with Crippen LogP contribution < -0.4 is 9.21 Å². The minimum absolute atomic E-state index is 0.0164. The molecule has 0 saturated carbocycles. The molecule has 1 aromatic carbocycles. The molecule has 124 valence electrons. The number of halogens is 1. The van der Waals surface area contributed by atoms with Crippen molar-refractivity contribution in [1.82, 2.24) is 9.55 Å². The molecule has 0 saturated heterocycles. The Morgan fingerprint density at radius 3 is 2.57 bits per heavy atom. The van der Waals surface area contributed by atoms with Gasteiger partial charge in [0, 0.05) is 39.4 Å². The maximum absolute atomic E-state index is 13.7. The first-order valence-electron chi connectivity index (χ1n) is 7.34. The molecule has 0 fully saturated rings. The minimum Gasteiger partial charge on any atom is -0.373 e. The van der Waals surface area contributed by atoms with Crippen LogP contribution >= 0.6 is 0 Å². The Morgan fingerprint density at radius 1 is 1.17 bits per heavy atom. The third kappa shape index (κ3) is 2.67. The van der Waals surface area contributed by atoms with Crippen molar-refractivity contribution < 1.29 is 12.8 Å². The summed E-state index contributed by atoms with van der Waals surface area (Å²) in [6.45, 7) is 2.73. The van der Waals surface area contributed by atoms with E-state index in [4.69, 9.17) is 0 Å². The molecule has 2 heterocycles. The smallest absolute Gasteiger partial charge is 0.283 e. The summed E-state index contributed by atoms with van der Waals surface area (Å²) in [5.74, 6) is 0.145. The molecule has 0 unspecified atom stereocenters. The van der Waals surface area contributed by atoms with Crippen LogP contribution in [0, 0.1) is 12.7 Å². The van der Waals surface area contributed by atoms with Crippen molar-refractivity contribution in [2.75, 3.05) is 29.3 Å². The fourth-order valence-electron chi connectivity index (χ4n) is 2.72. The second-order valence-corrected chi connectivity index (χ2v) is 7.53. The second kappa shape index (κ2) is 5.52. The molecular weight excluding hydrogens is 319 g/mol. The number of imidazole rings is 1. The summed E-state index contributed by atoms with van der Waals surface area (Å²) < 4.78 is 42.6. The van der Waals surface area contributed by atoms with Crippen molar-refractivity contribution >= 4 is 21.4 Å². The number of benzene rings is 1. The van der Waals surface area contributed by atoms with Crippen LogP contribution in [0.3, 0.4) is 0 Å². The molecule has 0 radical (unpaired) electrons. The van der Waals surface area contributed by atoms with Crippen molar-refractivity contribution in [2.24, 2.45) is 7.05 Å². The van der Waals surface area contributed by atoms with Gasteiger partial charge in [-0.15, -0.1) is 0 Å². The summed E-state index contributed by atoms with van der Waals surface area (Å²) in [5, 5.41) is -0.0164. The number of anilines is 2. The lowest BCUT2D eigenvalue weighted by Gasteiger charge is -2.24. The molecule has 1 aliphatic rings. The highest BCUT2D eigenvalue weighted by Crippen LogP contribution is 2.35. The highest BCUT2D eigenvalue weighted by molar-refractivity contribution is 7.92. The molecule has 1 aromatic heterocycles. The monoisotopic (exact) mass is 338 g/mol. The van der Waals surface area contributed by atoms with Gasteiger partial charge in [0.1, 0.15) is 11.6 Å². The summed E-state index contributed by atoms with van der Waals surface area (Å²) in [6, 6.07) is 4.23. The van der Waals surface area contributed by atoms with E-state index in [0.29, 0.717) is 36.7 Å². The average molecular weight is 338 g/mol. The average Bonchev–Trinajstić information content (AvgIpc) is 2.74. The van der Waals surface area contributed by atoms with E-state index in [0.717, 1.165) is 0 Å². The molecule has 0 bridgehead atoms. The van der Waals surface area contributed by atoms with Crippen LogP contribution in [0.25, 0.3) is 0 Å². The van der Waals surface area contributed by atoms with Gasteiger partial charge in [0.2, 0.25) is 0 Å². The van der Waals surface area contributed by atoms with E-state index in [1.165, 1.54) is 22.6 Å². The normalized spacial score (nSPS) is 15.5. The number of hydrogen-bond acceptors (Lipinski definition) is 4. The fraction of sp³-hybridized carbons (Fsp3) is 0.400. The van der Waals surface area contributed by atoms with Crippen LogP contribution in [-0.2, 0) is 17.1 Å². The number of rotatable bonds is 2. The van der Waals surface area contributed by atoms with Crippen molar-refractivity contribution in [1.29, 1.82) is 0 Å². The third-order valence-electron chi connectivity index (χ3n) is 4.11. The van der Waals surface area contributed by atoms with E-state index < -0.39 is 15.8 Å². The van der Waals surface area contributed by atoms with Crippen molar-refractivity contribution in [2.45, 2.75) is 18.4 Å². The van der Waals surface area contributed by atoms with Crippen LogP contribution in [0.4, 0.5) is 15.8 Å². The van der Waals surface area contributed by atoms with Crippen LogP contribution in [0.2, 0.25) is 0 Å². The van der Waals surface area contributed by atoms with E-state index in [2.05, 4.69) is 4.98 Å². The van der Waals surface area contributed by atoms with Gasteiger partial charge in [0.15, 0.2) is 5.03 Å².